The molecule has 3 N–H and O–H groups in total. The van der Waals surface area contributed by atoms with Crippen molar-refractivity contribution in [3.63, 3.8) is 0 Å². The fourth-order valence-electron chi connectivity index (χ4n) is 1.68. The summed E-state index contributed by atoms with van der Waals surface area (Å²) in [4.78, 5) is 0. The first-order valence-electron chi connectivity index (χ1n) is 6.72. The highest BCUT2D eigenvalue weighted by molar-refractivity contribution is 7.80. The lowest BCUT2D eigenvalue weighted by molar-refractivity contribution is -0.500. The van der Waals surface area contributed by atoms with Gasteiger partial charge in [-0.15, -0.1) is 10.5 Å². The molecule has 22 heavy (non-hydrogen) atoms. The summed E-state index contributed by atoms with van der Waals surface area (Å²) in [6.07, 6.45) is 1.77. The first kappa shape index (κ1) is 15.9. The number of hydrogen-bond acceptors (Lipinski definition) is 2. The smallest absolute Gasteiger partial charge is 0.223 e. The highest BCUT2D eigenvalue weighted by Gasteiger charge is 2.02. The van der Waals surface area contributed by atoms with Crippen LogP contribution >= 0.6 is 12.2 Å². The molecule has 0 spiro atoms. The third kappa shape index (κ3) is 4.82. The molecule has 0 amide bonds. The molecule has 0 aliphatic rings. The van der Waals surface area contributed by atoms with Crippen molar-refractivity contribution >= 4 is 23.5 Å². The molecular weight excluding hydrogens is 301 g/mol. The van der Waals surface area contributed by atoms with Crippen LogP contribution in [0, 0.1) is 5.82 Å². The molecule has 0 unspecified atom stereocenters. The first-order valence-corrected chi connectivity index (χ1v) is 7.12. The van der Waals surface area contributed by atoms with Crippen molar-refractivity contribution in [2.45, 2.75) is 6.61 Å². The molecule has 0 bridgehead atoms. The van der Waals surface area contributed by atoms with Crippen LogP contribution in [0.1, 0.15) is 11.1 Å². The molecule has 4 nitrogen and oxygen atoms in total. The summed E-state index contributed by atoms with van der Waals surface area (Å²) < 4.78 is 19.0. The van der Waals surface area contributed by atoms with Gasteiger partial charge in [-0.2, -0.15) is 0 Å². The van der Waals surface area contributed by atoms with E-state index in [0.29, 0.717) is 16.4 Å². The minimum Gasteiger partial charge on any atom is -0.489 e. The van der Waals surface area contributed by atoms with E-state index in [1.54, 1.807) is 31.5 Å². The van der Waals surface area contributed by atoms with Crippen LogP contribution in [-0.2, 0) is 6.61 Å². The van der Waals surface area contributed by atoms with Crippen LogP contribution in [0.2, 0.25) is 0 Å². The second-order valence-corrected chi connectivity index (χ2v) is 4.85. The minimum atomic E-state index is -0.261. The lowest BCUT2D eigenvalue weighted by Gasteiger charge is -2.06. The molecule has 0 aliphatic carbocycles. The number of halogens is 1. The molecule has 0 aromatic heterocycles. The van der Waals surface area contributed by atoms with Gasteiger partial charge in [-0.1, -0.05) is 18.2 Å². The summed E-state index contributed by atoms with van der Waals surface area (Å²) >= 11 is 4.93. The zero-order valence-corrected chi connectivity index (χ0v) is 12.9. The van der Waals surface area contributed by atoms with Gasteiger partial charge in [0.25, 0.3) is 0 Å². The van der Waals surface area contributed by atoms with Gasteiger partial charge in [0.15, 0.2) is 6.21 Å². The van der Waals surface area contributed by atoms with Crippen LogP contribution in [0.15, 0.2) is 48.5 Å². The minimum absolute atomic E-state index is 0.200. The number of rotatable bonds is 5. The van der Waals surface area contributed by atoms with Crippen molar-refractivity contribution in [2.24, 2.45) is 0 Å². The lowest BCUT2D eigenvalue weighted by atomic mass is 10.2. The third-order valence-corrected chi connectivity index (χ3v) is 3.19. The number of ether oxygens (including phenoxy) is 1. The second-order valence-electron chi connectivity index (χ2n) is 4.44. The first-order chi connectivity index (χ1) is 10.7. The van der Waals surface area contributed by atoms with E-state index >= 15 is 0 Å². The second kappa shape index (κ2) is 8.09. The summed E-state index contributed by atoms with van der Waals surface area (Å²) in [6, 6.07) is 14.0. The van der Waals surface area contributed by atoms with Gasteiger partial charge in [-0.3, -0.25) is 0 Å². The van der Waals surface area contributed by atoms with Crippen LogP contribution in [-0.4, -0.2) is 18.4 Å². The number of benzene rings is 2. The molecule has 0 saturated carbocycles. The summed E-state index contributed by atoms with van der Waals surface area (Å²) in [6.45, 7) is 0.200. The molecule has 6 heteroatoms. The third-order valence-electron chi connectivity index (χ3n) is 2.88. The molecule has 0 atom stereocenters. The monoisotopic (exact) mass is 318 g/mol. The van der Waals surface area contributed by atoms with Crippen molar-refractivity contribution in [2.75, 3.05) is 7.05 Å². The van der Waals surface area contributed by atoms with Gasteiger partial charge in [0, 0.05) is 18.2 Å². The number of hydrazone groups is 1. The molecule has 0 radical (unpaired) electrons. The molecule has 0 heterocycles. The molecule has 0 aliphatic heterocycles. The highest BCUT2D eigenvalue weighted by atomic mass is 32.1. The van der Waals surface area contributed by atoms with E-state index in [9.17, 15) is 4.39 Å². The summed E-state index contributed by atoms with van der Waals surface area (Å²) in [5.74, 6) is 0.419. The molecule has 114 valence electrons. The quantitative estimate of drug-likeness (QED) is 0.436. The Labute approximate surface area is 134 Å². The summed E-state index contributed by atoms with van der Waals surface area (Å²) in [7, 11) is 1.73. The lowest BCUT2D eigenvalue weighted by Crippen LogP contribution is -2.82. The van der Waals surface area contributed by atoms with Crippen LogP contribution < -0.4 is 20.6 Å². The molecule has 2 rings (SSSR count). The van der Waals surface area contributed by atoms with Crippen molar-refractivity contribution in [3.8, 4) is 5.75 Å². The zero-order chi connectivity index (χ0) is 15.8. The topological polar surface area (TPSA) is 47.3 Å². The van der Waals surface area contributed by atoms with Gasteiger partial charge in [-0.05, 0) is 42.5 Å². The summed E-state index contributed by atoms with van der Waals surface area (Å²) in [5.41, 5.74) is 4.27. The Kier molecular flexibility index (Phi) is 5.85. The van der Waals surface area contributed by atoms with E-state index in [-0.39, 0.29) is 12.4 Å². The average Bonchev–Trinajstić information content (AvgIpc) is 2.55. The Hall–Kier alpha value is -2.47. The predicted molar refractivity (Wildman–Crippen MR) is 88.1 cm³/mol. The van der Waals surface area contributed by atoms with Crippen LogP contribution in [0.4, 0.5) is 4.39 Å². The Bertz CT molecular complexity index is 659. The van der Waals surface area contributed by atoms with E-state index in [4.69, 9.17) is 17.0 Å². The SMILES string of the molecule is CNC(=S)N[NH+]=Cc1ccc(OCc2ccccc2F)cc1. The van der Waals surface area contributed by atoms with E-state index < -0.39 is 0 Å². The molecule has 2 aromatic rings. The molecule has 2 aromatic carbocycles. The zero-order valence-electron chi connectivity index (χ0n) is 12.1. The largest absolute Gasteiger partial charge is 0.489 e. The van der Waals surface area contributed by atoms with E-state index in [2.05, 4.69) is 15.8 Å². The Balaban J connectivity index is 1.89. The Morgan fingerprint density at radius 3 is 2.64 bits per heavy atom. The molecule has 0 saturated heterocycles. The maximum Gasteiger partial charge on any atom is 0.223 e. The molecule has 0 fully saturated rings. The molecular formula is C16H17FN3OS+. The van der Waals surface area contributed by atoms with Crippen molar-refractivity contribution in [1.29, 1.82) is 0 Å². The number of thiocarbonyl (C=S) groups is 1. The maximum atomic E-state index is 13.5. The van der Waals surface area contributed by atoms with E-state index in [1.807, 2.05) is 24.3 Å². The van der Waals surface area contributed by atoms with Gasteiger partial charge in [0.2, 0.25) is 5.11 Å². The van der Waals surface area contributed by atoms with Crippen molar-refractivity contribution in [1.82, 2.24) is 10.7 Å². The average molecular weight is 318 g/mol. The van der Waals surface area contributed by atoms with E-state index in [1.165, 1.54) is 6.07 Å². The van der Waals surface area contributed by atoms with Gasteiger partial charge in [-0.25, -0.2) is 4.39 Å². The fraction of sp³-hybridized carbons (Fsp3) is 0.125. The number of hydrazine groups is 1. The maximum absolute atomic E-state index is 13.5. The Morgan fingerprint density at radius 2 is 1.95 bits per heavy atom. The predicted octanol–water partition coefficient (Wildman–Crippen LogP) is 0.913. The fourth-order valence-corrected chi connectivity index (χ4v) is 1.74. The van der Waals surface area contributed by atoms with Crippen LogP contribution in [0.5, 0.6) is 5.75 Å². The number of hydrogen-bond donors (Lipinski definition) is 3. The van der Waals surface area contributed by atoms with Crippen molar-refractivity contribution in [3.05, 3.63) is 65.5 Å². The Morgan fingerprint density at radius 1 is 1.23 bits per heavy atom. The van der Waals surface area contributed by atoms with Gasteiger partial charge >= 0.3 is 0 Å². The highest BCUT2D eigenvalue weighted by Crippen LogP contribution is 2.14. The van der Waals surface area contributed by atoms with Gasteiger partial charge < -0.3 is 10.1 Å². The van der Waals surface area contributed by atoms with Gasteiger partial charge in [0.1, 0.15) is 18.2 Å². The summed E-state index contributed by atoms with van der Waals surface area (Å²) in [5, 5.41) is 6.15. The van der Waals surface area contributed by atoms with Crippen LogP contribution in [0.25, 0.3) is 0 Å². The van der Waals surface area contributed by atoms with E-state index in [0.717, 1.165) is 5.56 Å². The number of nitrogens with one attached hydrogen (secondary N) is 3. The van der Waals surface area contributed by atoms with Gasteiger partial charge in [0.05, 0.1) is 0 Å². The standard InChI is InChI=1S/C16H16FN3OS/c1-18-16(22)20-19-10-12-6-8-14(9-7-12)21-11-13-4-2-3-5-15(13)17/h2-10H,11H2,1H3,(H2,18,20,22)/p+1. The normalized spacial score (nSPS) is 10.5. The van der Waals surface area contributed by atoms with Crippen LogP contribution in [0.3, 0.4) is 0 Å². The van der Waals surface area contributed by atoms with Crippen molar-refractivity contribution < 1.29 is 14.2 Å².